The summed E-state index contributed by atoms with van der Waals surface area (Å²) in [7, 11) is 0. The van der Waals surface area contributed by atoms with Crippen LogP contribution in [0.4, 0.5) is 13.2 Å². The minimum absolute atomic E-state index is 0.0669. The van der Waals surface area contributed by atoms with E-state index in [1.54, 1.807) is 0 Å². The van der Waals surface area contributed by atoms with Crippen LogP contribution in [0.25, 0.3) is 0 Å². The van der Waals surface area contributed by atoms with Gasteiger partial charge in [-0.05, 0) is 26.2 Å². The molecule has 0 N–H and O–H groups in total. The molecule has 0 fully saturated rings. The third-order valence-corrected chi connectivity index (χ3v) is 2.38. The van der Waals surface area contributed by atoms with Crippen LogP contribution in [0.15, 0.2) is 0 Å². The Labute approximate surface area is 108 Å². The minimum Gasteiger partial charge on any atom is -0.378 e. The van der Waals surface area contributed by atoms with E-state index in [0.717, 1.165) is 6.42 Å². The molecule has 0 bridgehead atoms. The molecule has 0 radical (unpaired) electrons. The molecule has 0 aromatic heterocycles. The van der Waals surface area contributed by atoms with Crippen LogP contribution < -0.4 is 0 Å². The summed E-state index contributed by atoms with van der Waals surface area (Å²) >= 11 is 0. The molecule has 0 saturated heterocycles. The van der Waals surface area contributed by atoms with Gasteiger partial charge in [0, 0.05) is 5.41 Å². The third-order valence-electron chi connectivity index (χ3n) is 2.38. The summed E-state index contributed by atoms with van der Waals surface area (Å²) in [6.07, 6.45) is -3.42. The van der Waals surface area contributed by atoms with Crippen LogP contribution in [-0.2, 0) is 9.47 Å². The minimum atomic E-state index is -4.27. The number of ether oxygens (including phenoxy) is 2. The molecule has 0 aliphatic rings. The molecule has 5 heteroatoms. The van der Waals surface area contributed by atoms with Gasteiger partial charge in [-0.1, -0.05) is 20.8 Å². The third kappa shape index (κ3) is 9.71. The van der Waals surface area contributed by atoms with Crippen LogP contribution in [0, 0.1) is 11.3 Å². The number of halogens is 3. The Balaban J connectivity index is 4.28. The molecule has 0 saturated carbocycles. The van der Waals surface area contributed by atoms with Crippen molar-refractivity contribution in [3.63, 3.8) is 0 Å². The largest absolute Gasteiger partial charge is 0.411 e. The van der Waals surface area contributed by atoms with E-state index >= 15 is 0 Å². The summed E-state index contributed by atoms with van der Waals surface area (Å²) in [4.78, 5) is 0. The first-order valence-electron chi connectivity index (χ1n) is 6.30. The second-order valence-electron chi connectivity index (χ2n) is 5.88. The highest BCUT2D eigenvalue weighted by molar-refractivity contribution is 4.76. The maximum Gasteiger partial charge on any atom is 0.411 e. The Morgan fingerprint density at radius 1 is 0.944 bits per heavy atom. The van der Waals surface area contributed by atoms with Crippen molar-refractivity contribution in [1.29, 1.82) is 0 Å². The summed E-state index contributed by atoms with van der Waals surface area (Å²) in [6.45, 7) is 9.10. The van der Waals surface area contributed by atoms with Gasteiger partial charge >= 0.3 is 6.18 Å². The van der Waals surface area contributed by atoms with Crippen molar-refractivity contribution in [2.75, 3.05) is 19.8 Å². The molecule has 0 aliphatic heterocycles. The molecule has 0 aromatic rings. The highest BCUT2D eigenvalue weighted by atomic mass is 19.4. The van der Waals surface area contributed by atoms with E-state index in [9.17, 15) is 13.2 Å². The van der Waals surface area contributed by atoms with E-state index in [0.29, 0.717) is 12.5 Å². The van der Waals surface area contributed by atoms with Crippen LogP contribution in [-0.4, -0.2) is 32.1 Å². The fraction of sp³-hybridized carbons (Fsp3) is 1.00. The van der Waals surface area contributed by atoms with Gasteiger partial charge in [0.05, 0.1) is 19.3 Å². The van der Waals surface area contributed by atoms with Crippen molar-refractivity contribution in [1.82, 2.24) is 0 Å². The summed E-state index contributed by atoms with van der Waals surface area (Å²) in [5.74, 6) is 0.389. The SMILES string of the molecule is CC(C)CC(C)(COCC(F)(F)F)COC(C)C. The van der Waals surface area contributed by atoms with Gasteiger partial charge in [0.25, 0.3) is 0 Å². The van der Waals surface area contributed by atoms with Crippen LogP contribution in [0.5, 0.6) is 0 Å². The Morgan fingerprint density at radius 3 is 1.89 bits per heavy atom. The van der Waals surface area contributed by atoms with Crippen molar-refractivity contribution in [2.45, 2.75) is 53.3 Å². The lowest BCUT2D eigenvalue weighted by atomic mass is 9.83. The predicted octanol–water partition coefficient (Wildman–Crippen LogP) is 4.04. The summed E-state index contributed by atoms with van der Waals surface area (Å²) in [5, 5.41) is 0. The van der Waals surface area contributed by atoms with Crippen LogP contribution in [0.3, 0.4) is 0 Å². The lowest BCUT2D eigenvalue weighted by Crippen LogP contribution is -2.33. The lowest BCUT2D eigenvalue weighted by molar-refractivity contribution is -0.184. The molecule has 18 heavy (non-hydrogen) atoms. The van der Waals surface area contributed by atoms with E-state index in [2.05, 4.69) is 0 Å². The van der Waals surface area contributed by atoms with Gasteiger partial charge in [-0.15, -0.1) is 0 Å². The standard InChI is InChI=1S/C13H25F3O2/c1-10(2)6-12(5,8-18-11(3)4)7-17-9-13(14,15)16/h10-11H,6-9H2,1-5H3. The molecule has 1 unspecified atom stereocenters. The van der Waals surface area contributed by atoms with Gasteiger partial charge in [-0.2, -0.15) is 13.2 Å². The van der Waals surface area contributed by atoms with Crippen LogP contribution in [0.1, 0.15) is 41.0 Å². The fourth-order valence-electron chi connectivity index (χ4n) is 1.93. The second kappa shape index (κ2) is 7.34. The van der Waals surface area contributed by atoms with Crippen molar-refractivity contribution in [3.8, 4) is 0 Å². The van der Waals surface area contributed by atoms with Gasteiger partial charge in [0.1, 0.15) is 6.61 Å². The molecule has 1 atom stereocenters. The zero-order chi connectivity index (χ0) is 14.4. The Bertz CT molecular complexity index is 227. The predicted molar refractivity (Wildman–Crippen MR) is 65.5 cm³/mol. The zero-order valence-corrected chi connectivity index (χ0v) is 11.9. The maximum absolute atomic E-state index is 12.1. The van der Waals surface area contributed by atoms with E-state index in [4.69, 9.17) is 9.47 Å². The van der Waals surface area contributed by atoms with Crippen LogP contribution in [0.2, 0.25) is 0 Å². The monoisotopic (exact) mass is 270 g/mol. The molecule has 110 valence electrons. The molecule has 0 heterocycles. The molecule has 0 rings (SSSR count). The number of rotatable bonds is 8. The quantitative estimate of drug-likeness (QED) is 0.662. The van der Waals surface area contributed by atoms with E-state index < -0.39 is 12.8 Å². The molecule has 0 aliphatic carbocycles. The summed E-state index contributed by atoms with van der Waals surface area (Å²) in [6, 6.07) is 0. The number of hydrogen-bond donors (Lipinski definition) is 0. The normalized spacial score (nSPS) is 16.3. The number of alkyl halides is 3. The molecular weight excluding hydrogens is 245 g/mol. The van der Waals surface area contributed by atoms with Crippen molar-refractivity contribution >= 4 is 0 Å². The molecule has 0 spiro atoms. The lowest BCUT2D eigenvalue weighted by Gasteiger charge is -2.31. The highest BCUT2D eigenvalue weighted by Crippen LogP contribution is 2.28. The molecule has 0 aromatic carbocycles. The van der Waals surface area contributed by atoms with Gasteiger partial charge in [-0.3, -0.25) is 0 Å². The van der Waals surface area contributed by atoms with Gasteiger partial charge in [0.15, 0.2) is 0 Å². The average Bonchev–Trinajstić information content (AvgIpc) is 2.11. The van der Waals surface area contributed by atoms with Crippen LogP contribution >= 0.6 is 0 Å². The van der Waals surface area contributed by atoms with Crippen molar-refractivity contribution in [2.24, 2.45) is 11.3 Å². The first-order chi connectivity index (χ1) is 8.04. The first-order valence-corrected chi connectivity index (χ1v) is 6.30. The van der Waals surface area contributed by atoms with Gasteiger partial charge < -0.3 is 9.47 Å². The smallest absolute Gasteiger partial charge is 0.378 e. The fourth-order valence-corrected chi connectivity index (χ4v) is 1.93. The number of hydrogen-bond acceptors (Lipinski definition) is 2. The van der Waals surface area contributed by atoms with Crippen molar-refractivity contribution in [3.05, 3.63) is 0 Å². The topological polar surface area (TPSA) is 18.5 Å². The van der Waals surface area contributed by atoms with Crippen molar-refractivity contribution < 1.29 is 22.6 Å². The summed E-state index contributed by atoms with van der Waals surface area (Å²) < 4.78 is 46.5. The van der Waals surface area contributed by atoms with E-state index in [1.807, 2.05) is 34.6 Å². The maximum atomic E-state index is 12.1. The average molecular weight is 270 g/mol. The summed E-state index contributed by atoms with van der Waals surface area (Å²) in [5.41, 5.74) is -0.371. The Morgan fingerprint density at radius 2 is 1.50 bits per heavy atom. The molecular formula is C13H25F3O2. The van der Waals surface area contributed by atoms with Gasteiger partial charge in [0.2, 0.25) is 0 Å². The van der Waals surface area contributed by atoms with Gasteiger partial charge in [-0.25, -0.2) is 0 Å². The molecule has 0 amide bonds. The zero-order valence-electron chi connectivity index (χ0n) is 11.9. The van der Waals surface area contributed by atoms with E-state index in [1.165, 1.54) is 0 Å². The first kappa shape index (κ1) is 17.7. The Kier molecular flexibility index (Phi) is 7.22. The highest BCUT2D eigenvalue weighted by Gasteiger charge is 2.31. The molecule has 2 nitrogen and oxygen atoms in total. The Hall–Kier alpha value is -0.290. The second-order valence-corrected chi connectivity index (χ2v) is 5.88. The van der Waals surface area contributed by atoms with E-state index in [-0.39, 0.29) is 18.1 Å².